The number of anilines is 2. The summed E-state index contributed by atoms with van der Waals surface area (Å²) in [7, 11) is 0. The summed E-state index contributed by atoms with van der Waals surface area (Å²) < 4.78 is 0. The van der Waals surface area contributed by atoms with Crippen LogP contribution in [0.1, 0.15) is 6.42 Å². The molecule has 0 aromatic heterocycles. The summed E-state index contributed by atoms with van der Waals surface area (Å²) in [5, 5.41) is 29.6. The molecule has 2 aromatic rings. The number of carbonyl (C=O) groups is 1. The maximum Gasteiger partial charge on any atom is 0.304 e. The van der Waals surface area contributed by atoms with Crippen molar-refractivity contribution in [3.8, 4) is 11.5 Å². The van der Waals surface area contributed by atoms with Gasteiger partial charge in [-0.05, 0) is 24.3 Å². The van der Waals surface area contributed by atoms with Crippen LogP contribution in [0.25, 0.3) is 0 Å². The fourth-order valence-electron chi connectivity index (χ4n) is 3.52. The van der Waals surface area contributed by atoms with Gasteiger partial charge in [0.2, 0.25) is 0 Å². The molecule has 0 atom stereocenters. The van der Waals surface area contributed by atoms with Crippen LogP contribution in [0, 0.1) is 0 Å². The van der Waals surface area contributed by atoms with Gasteiger partial charge in [0.05, 0.1) is 17.8 Å². The number of benzene rings is 2. The van der Waals surface area contributed by atoms with Crippen LogP contribution >= 0.6 is 0 Å². The van der Waals surface area contributed by atoms with E-state index in [0.29, 0.717) is 45.8 Å². The maximum absolute atomic E-state index is 11.0. The third kappa shape index (κ3) is 5.07. The van der Waals surface area contributed by atoms with Crippen LogP contribution in [0.2, 0.25) is 0 Å². The highest BCUT2D eigenvalue weighted by Crippen LogP contribution is 2.29. The van der Waals surface area contributed by atoms with Crippen LogP contribution < -0.4 is 9.80 Å². The van der Waals surface area contributed by atoms with E-state index in [-0.39, 0.29) is 17.9 Å². The van der Waals surface area contributed by atoms with Crippen molar-refractivity contribution in [3.63, 3.8) is 0 Å². The summed E-state index contributed by atoms with van der Waals surface area (Å²) in [6, 6.07) is 14.5. The fourth-order valence-corrected chi connectivity index (χ4v) is 3.52. The lowest BCUT2D eigenvalue weighted by molar-refractivity contribution is -0.137. The number of rotatable bonds is 5. The van der Waals surface area contributed by atoms with Crippen LogP contribution in [0.15, 0.2) is 48.5 Å². The first-order chi connectivity index (χ1) is 13.5. The molecule has 1 saturated heterocycles. The molecular weight excluding hydrogens is 358 g/mol. The highest BCUT2D eigenvalue weighted by atomic mass is 16.4. The number of hydrogen-bond donors (Lipinski definition) is 3. The summed E-state index contributed by atoms with van der Waals surface area (Å²) in [5.74, 6) is -0.351. The predicted octanol–water partition coefficient (Wildman–Crippen LogP) is 2.20. The fraction of sp³-hybridized carbons (Fsp3) is 0.381. The van der Waals surface area contributed by atoms with Crippen LogP contribution in [-0.4, -0.2) is 72.0 Å². The van der Waals surface area contributed by atoms with Crippen LogP contribution in [0.5, 0.6) is 11.5 Å². The third-order valence-electron chi connectivity index (χ3n) is 5.10. The lowest BCUT2D eigenvalue weighted by Crippen LogP contribution is -2.37. The van der Waals surface area contributed by atoms with Gasteiger partial charge in [-0.2, -0.15) is 0 Å². The molecule has 7 nitrogen and oxygen atoms in total. The Morgan fingerprint density at radius 1 is 0.750 bits per heavy atom. The molecule has 1 fully saturated rings. The molecule has 0 spiro atoms. The van der Waals surface area contributed by atoms with Crippen molar-refractivity contribution < 1.29 is 20.1 Å². The Labute approximate surface area is 165 Å². The molecule has 150 valence electrons. The van der Waals surface area contributed by atoms with E-state index in [9.17, 15) is 15.0 Å². The Balaban J connectivity index is 1.83. The average Bonchev–Trinajstić information content (AvgIpc) is 2.78. The predicted molar refractivity (Wildman–Crippen MR) is 109 cm³/mol. The molecular formula is C21H27N3O4. The van der Waals surface area contributed by atoms with Crippen LogP contribution in [-0.2, 0) is 4.79 Å². The second kappa shape index (κ2) is 9.32. The van der Waals surface area contributed by atoms with Gasteiger partial charge in [0.1, 0.15) is 11.5 Å². The van der Waals surface area contributed by atoms with Crippen molar-refractivity contribution in [1.82, 2.24) is 4.90 Å². The van der Waals surface area contributed by atoms with Gasteiger partial charge in [-0.1, -0.05) is 24.3 Å². The molecule has 0 saturated carbocycles. The zero-order valence-corrected chi connectivity index (χ0v) is 15.9. The Hall–Kier alpha value is -2.93. The minimum Gasteiger partial charge on any atom is -0.506 e. The number of phenols is 2. The Kier molecular flexibility index (Phi) is 6.60. The number of aromatic hydroxyl groups is 2. The highest BCUT2D eigenvalue weighted by molar-refractivity contribution is 5.66. The standard InChI is InChI=1S/C21H27N3O4/c25-19-7-3-1-5-17(19)23-13-11-22(10-9-21(27)28)12-14-24(16-15-23)18-6-2-4-8-20(18)26/h1-8,25-26H,9-16H2,(H,27,28). The first-order valence-corrected chi connectivity index (χ1v) is 9.54. The van der Waals surface area contributed by atoms with Crippen LogP contribution in [0.3, 0.4) is 0 Å². The molecule has 0 aliphatic carbocycles. The number of nitrogens with zero attached hydrogens (tertiary/aromatic N) is 3. The Bertz CT molecular complexity index is 741. The number of carboxylic acids is 1. The van der Waals surface area contributed by atoms with Crippen molar-refractivity contribution in [2.75, 3.05) is 55.6 Å². The van der Waals surface area contributed by atoms with Crippen molar-refractivity contribution in [1.29, 1.82) is 0 Å². The van der Waals surface area contributed by atoms with Crippen molar-refractivity contribution >= 4 is 17.3 Å². The third-order valence-corrected chi connectivity index (χ3v) is 5.10. The largest absolute Gasteiger partial charge is 0.506 e. The van der Waals surface area contributed by atoms with Crippen molar-refractivity contribution in [2.24, 2.45) is 0 Å². The monoisotopic (exact) mass is 385 g/mol. The summed E-state index contributed by atoms with van der Waals surface area (Å²) in [5.41, 5.74) is 1.53. The Morgan fingerprint density at radius 2 is 1.18 bits per heavy atom. The topological polar surface area (TPSA) is 87.5 Å². The SMILES string of the molecule is O=C(O)CCN1CCN(c2ccccc2O)CCN(c2ccccc2O)CC1. The molecule has 7 heteroatoms. The summed E-state index contributed by atoms with van der Waals surface area (Å²) in [6.45, 7) is 4.61. The highest BCUT2D eigenvalue weighted by Gasteiger charge is 2.20. The normalized spacial score (nSPS) is 16.3. The first kappa shape index (κ1) is 19.8. The van der Waals surface area contributed by atoms with E-state index in [1.54, 1.807) is 24.3 Å². The Morgan fingerprint density at radius 3 is 1.61 bits per heavy atom. The lowest BCUT2D eigenvalue weighted by Gasteiger charge is -2.29. The quantitative estimate of drug-likeness (QED) is 0.727. The molecule has 1 heterocycles. The maximum atomic E-state index is 11.0. The van der Waals surface area contributed by atoms with E-state index in [4.69, 9.17) is 5.11 Å². The molecule has 0 bridgehead atoms. The van der Waals surface area contributed by atoms with E-state index in [0.717, 1.165) is 11.4 Å². The van der Waals surface area contributed by atoms with Gasteiger partial charge >= 0.3 is 5.97 Å². The molecule has 0 unspecified atom stereocenters. The summed E-state index contributed by atoms with van der Waals surface area (Å²) >= 11 is 0. The van der Waals surface area contributed by atoms with Gasteiger partial charge in [-0.15, -0.1) is 0 Å². The van der Waals surface area contributed by atoms with Crippen molar-refractivity contribution in [3.05, 3.63) is 48.5 Å². The van der Waals surface area contributed by atoms with Gasteiger partial charge in [-0.3, -0.25) is 9.69 Å². The summed E-state index contributed by atoms with van der Waals surface area (Å²) in [4.78, 5) is 17.4. The second-order valence-electron chi connectivity index (χ2n) is 6.94. The smallest absolute Gasteiger partial charge is 0.304 e. The minimum atomic E-state index is -0.810. The molecule has 1 aliphatic heterocycles. The number of para-hydroxylation sites is 4. The summed E-state index contributed by atoms with van der Waals surface area (Å²) in [6.07, 6.45) is 0.0905. The van der Waals surface area contributed by atoms with E-state index < -0.39 is 5.97 Å². The molecule has 0 radical (unpaired) electrons. The number of carboxylic acid groups (broad SMARTS) is 1. The van der Waals surface area contributed by atoms with Gasteiger partial charge in [0.15, 0.2) is 0 Å². The average molecular weight is 385 g/mol. The molecule has 2 aromatic carbocycles. The first-order valence-electron chi connectivity index (χ1n) is 9.54. The molecule has 3 N–H and O–H groups in total. The van der Waals surface area contributed by atoms with Gasteiger partial charge < -0.3 is 25.1 Å². The van der Waals surface area contributed by atoms with Crippen LogP contribution in [0.4, 0.5) is 11.4 Å². The molecule has 1 aliphatic rings. The second-order valence-corrected chi connectivity index (χ2v) is 6.94. The zero-order chi connectivity index (χ0) is 19.9. The molecule has 0 amide bonds. The van der Waals surface area contributed by atoms with E-state index in [2.05, 4.69) is 14.7 Å². The van der Waals surface area contributed by atoms with Gasteiger partial charge in [0, 0.05) is 45.8 Å². The molecule has 28 heavy (non-hydrogen) atoms. The zero-order valence-electron chi connectivity index (χ0n) is 15.9. The van der Waals surface area contributed by atoms with Gasteiger partial charge in [0.25, 0.3) is 0 Å². The number of phenolic OH excluding ortho intramolecular Hbond substituents is 2. The van der Waals surface area contributed by atoms with E-state index in [1.807, 2.05) is 24.3 Å². The van der Waals surface area contributed by atoms with E-state index in [1.165, 1.54) is 0 Å². The van der Waals surface area contributed by atoms with E-state index >= 15 is 0 Å². The molecule has 3 rings (SSSR count). The number of hydrogen-bond acceptors (Lipinski definition) is 6. The van der Waals surface area contributed by atoms with Crippen molar-refractivity contribution in [2.45, 2.75) is 6.42 Å². The lowest BCUT2D eigenvalue weighted by atomic mass is 10.2. The number of aliphatic carboxylic acids is 1. The minimum absolute atomic E-state index is 0.0905. The van der Waals surface area contributed by atoms with Gasteiger partial charge in [-0.25, -0.2) is 0 Å².